The van der Waals surface area contributed by atoms with Crippen molar-refractivity contribution < 1.29 is 9.53 Å². The first-order valence-corrected chi connectivity index (χ1v) is 4.76. The van der Waals surface area contributed by atoms with E-state index in [2.05, 4.69) is 5.32 Å². The summed E-state index contributed by atoms with van der Waals surface area (Å²) in [5.41, 5.74) is -0.247. The van der Waals surface area contributed by atoms with Crippen molar-refractivity contribution in [1.29, 1.82) is 0 Å². The summed E-state index contributed by atoms with van der Waals surface area (Å²) < 4.78 is 5.39. The fraction of sp³-hybridized carbons (Fsp3) is 0.300. The van der Waals surface area contributed by atoms with Crippen LogP contribution in [0.3, 0.4) is 0 Å². The Hall–Kier alpha value is -0.900. The van der Waals surface area contributed by atoms with Gasteiger partial charge in [0.05, 0.1) is 6.61 Å². The molecular formula is C10H10ClNO2. The smallest absolute Gasteiger partial charge is 0.202 e. The molecule has 0 radical (unpaired) electrons. The molecule has 0 bridgehead atoms. The molecule has 1 atom stereocenters. The van der Waals surface area contributed by atoms with Crippen molar-refractivity contribution >= 4 is 17.9 Å². The third-order valence-electron chi connectivity index (χ3n) is 2.24. The van der Waals surface area contributed by atoms with Crippen LogP contribution in [-0.2, 0) is 15.3 Å². The van der Waals surface area contributed by atoms with Crippen LogP contribution in [0, 0.1) is 0 Å². The summed E-state index contributed by atoms with van der Waals surface area (Å²) >= 11 is 5.84. The van der Waals surface area contributed by atoms with Gasteiger partial charge in [0.25, 0.3) is 0 Å². The highest BCUT2D eigenvalue weighted by Crippen LogP contribution is 2.25. The lowest BCUT2D eigenvalue weighted by molar-refractivity contribution is -0.128. The molecule has 0 amide bonds. The average Bonchev–Trinajstić information content (AvgIpc) is 2.67. The van der Waals surface area contributed by atoms with Gasteiger partial charge in [0.1, 0.15) is 0 Å². The SMILES string of the molecule is O=CC1(c2cccc(Cl)c2)NCCO1. The molecule has 1 saturated heterocycles. The summed E-state index contributed by atoms with van der Waals surface area (Å²) in [7, 11) is 0. The molecule has 0 aromatic heterocycles. The Morgan fingerprint density at radius 1 is 1.57 bits per heavy atom. The third-order valence-corrected chi connectivity index (χ3v) is 2.47. The van der Waals surface area contributed by atoms with E-state index in [0.717, 1.165) is 11.8 Å². The maximum absolute atomic E-state index is 11.0. The topological polar surface area (TPSA) is 38.3 Å². The van der Waals surface area contributed by atoms with Gasteiger partial charge in [-0.3, -0.25) is 10.1 Å². The Balaban J connectivity index is 2.40. The van der Waals surface area contributed by atoms with Crippen LogP contribution in [-0.4, -0.2) is 19.4 Å². The van der Waals surface area contributed by atoms with Gasteiger partial charge in [-0.2, -0.15) is 0 Å². The van der Waals surface area contributed by atoms with E-state index in [-0.39, 0.29) is 0 Å². The van der Waals surface area contributed by atoms with Crippen LogP contribution >= 0.6 is 11.6 Å². The number of nitrogens with one attached hydrogen (secondary N) is 1. The van der Waals surface area contributed by atoms with Crippen molar-refractivity contribution in [1.82, 2.24) is 5.32 Å². The Bertz CT molecular complexity index is 348. The fourth-order valence-electron chi connectivity index (χ4n) is 1.55. The molecule has 1 unspecified atom stereocenters. The summed E-state index contributed by atoms with van der Waals surface area (Å²) in [5.74, 6) is 0. The largest absolute Gasteiger partial charge is 0.348 e. The number of carbonyl (C=O) groups excluding carboxylic acids is 1. The van der Waals surface area contributed by atoms with Gasteiger partial charge in [-0.25, -0.2) is 0 Å². The standard InChI is InChI=1S/C10H10ClNO2/c11-9-3-1-2-8(6-9)10(7-13)12-4-5-14-10/h1-3,6-7,12H,4-5H2. The molecule has 1 aromatic carbocycles. The van der Waals surface area contributed by atoms with Crippen molar-refractivity contribution in [2.24, 2.45) is 0 Å². The lowest BCUT2D eigenvalue weighted by atomic mass is 10.1. The number of carbonyl (C=O) groups is 1. The zero-order valence-electron chi connectivity index (χ0n) is 7.50. The van der Waals surface area contributed by atoms with E-state index in [1.807, 2.05) is 6.07 Å². The molecule has 1 aliphatic heterocycles. The van der Waals surface area contributed by atoms with Gasteiger partial charge in [0.2, 0.25) is 5.72 Å². The van der Waals surface area contributed by atoms with Crippen LogP contribution in [0.5, 0.6) is 0 Å². The second-order valence-electron chi connectivity index (χ2n) is 3.14. The Morgan fingerprint density at radius 2 is 2.43 bits per heavy atom. The van der Waals surface area contributed by atoms with Crippen LogP contribution in [0.1, 0.15) is 5.56 Å². The maximum atomic E-state index is 11.0. The van der Waals surface area contributed by atoms with E-state index >= 15 is 0 Å². The highest BCUT2D eigenvalue weighted by Gasteiger charge is 2.36. The Labute approximate surface area is 87.0 Å². The van der Waals surface area contributed by atoms with E-state index in [1.165, 1.54) is 0 Å². The normalized spacial score (nSPS) is 26.4. The summed E-state index contributed by atoms with van der Waals surface area (Å²) in [4.78, 5) is 11.0. The Kier molecular flexibility index (Phi) is 2.54. The zero-order valence-corrected chi connectivity index (χ0v) is 8.25. The number of aldehydes is 1. The summed E-state index contributed by atoms with van der Waals surface area (Å²) in [6, 6.07) is 7.11. The van der Waals surface area contributed by atoms with E-state index in [0.29, 0.717) is 18.2 Å². The van der Waals surface area contributed by atoms with Gasteiger partial charge in [-0.15, -0.1) is 0 Å². The predicted molar refractivity (Wildman–Crippen MR) is 53.1 cm³/mol. The monoisotopic (exact) mass is 211 g/mol. The molecule has 1 fully saturated rings. The quantitative estimate of drug-likeness (QED) is 0.750. The molecule has 2 rings (SSSR count). The minimum Gasteiger partial charge on any atom is -0.348 e. The van der Waals surface area contributed by atoms with Gasteiger partial charge in [0.15, 0.2) is 6.29 Å². The van der Waals surface area contributed by atoms with Crippen molar-refractivity contribution in [2.45, 2.75) is 5.72 Å². The first kappa shape index (κ1) is 9.65. The summed E-state index contributed by atoms with van der Waals surface area (Å²) in [6.45, 7) is 1.20. The summed E-state index contributed by atoms with van der Waals surface area (Å²) in [6.07, 6.45) is 0.770. The highest BCUT2D eigenvalue weighted by molar-refractivity contribution is 6.30. The van der Waals surface area contributed by atoms with Crippen LogP contribution in [0.25, 0.3) is 0 Å². The Morgan fingerprint density at radius 3 is 3.00 bits per heavy atom. The second-order valence-corrected chi connectivity index (χ2v) is 3.58. The second kappa shape index (κ2) is 3.69. The van der Waals surface area contributed by atoms with Crippen LogP contribution in [0.2, 0.25) is 5.02 Å². The first-order chi connectivity index (χ1) is 6.77. The lowest BCUT2D eigenvalue weighted by Crippen LogP contribution is -2.39. The minimum absolute atomic E-state index is 0.533. The molecule has 4 heteroatoms. The number of hydrogen-bond acceptors (Lipinski definition) is 3. The van der Waals surface area contributed by atoms with E-state index in [1.54, 1.807) is 18.2 Å². The zero-order chi connectivity index (χ0) is 10.0. The van der Waals surface area contributed by atoms with Crippen LogP contribution in [0.4, 0.5) is 0 Å². The highest BCUT2D eigenvalue weighted by atomic mass is 35.5. The van der Waals surface area contributed by atoms with Gasteiger partial charge < -0.3 is 4.74 Å². The molecule has 1 heterocycles. The molecular weight excluding hydrogens is 202 g/mol. The predicted octanol–water partition coefficient (Wildman–Crippen LogP) is 1.31. The molecule has 0 aliphatic carbocycles. The number of benzene rings is 1. The number of ether oxygens (including phenoxy) is 1. The number of rotatable bonds is 2. The van der Waals surface area contributed by atoms with Gasteiger partial charge in [-0.05, 0) is 12.1 Å². The van der Waals surface area contributed by atoms with Crippen molar-refractivity contribution in [3.05, 3.63) is 34.9 Å². The van der Waals surface area contributed by atoms with Crippen molar-refractivity contribution in [2.75, 3.05) is 13.2 Å². The van der Waals surface area contributed by atoms with Gasteiger partial charge >= 0.3 is 0 Å². The maximum Gasteiger partial charge on any atom is 0.202 e. The molecule has 3 nitrogen and oxygen atoms in total. The molecule has 1 aliphatic rings. The molecule has 74 valence electrons. The van der Waals surface area contributed by atoms with Crippen molar-refractivity contribution in [3.63, 3.8) is 0 Å². The van der Waals surface area contributed by atoms with E-state index < -0.39 is 5.72 Å². The van der Waals surface area contributed by atoms with E-state index in [9.17, 15) is 4.79 Å². The molecule has 1 aromatic rings. The number of halogens is 1. The minimum atomic E-state index is -0.995. The summed E-state index contributed by atoms with van der Waals surface area (Å²) in [5, 5.41) is 3.61. The molecule has 1 N–H and O–H groups in total. The fourth-order valence-corrected chi connectivity index (χ4v) is 1.74. The average molecular weight is 212 g/mol. The lowest BCUT2D eigenvalue weighted by Gasteiger charge is -2.22. The number of hydrogen-bond donors (Lipinski definition) is 1. The van der Waals surface area contributed by atoms with Crippen LogP contribution < -0.4 is 5.32 Å². The van der Waals surface area contributed by atoms with E-state index in [4.69, 9.17) is 16.3 Å². The molecule has 14 heavy (non-hydrogen) atoms. The molecule has 0 spiro atoms. The molecule has 0 saturated carbocycles. The third kappa shape index (κ3) is 1.54. The van der Waals surface area contributed by atoms with Gasteiger partial charge in [-0.1, -0.05) is 23.7 Å². The van der Waals surface area contributed by atoms with Crippen molar-refractivity contribution in [3.8, 4) is 0 Å². The van der Waals surface area contributed by atoms with Gasteiger partial charge in [0, 0.05) is 17.1 Å². The van der Waals surface area contributed by atoms with Crippen LogP contribution in [0.15, 0.2) is 24.3 Å². The first-order valence-electron chi connectivity index (χ1n) is 4.38.